The van der Waals surface area contributed by atoms with Crippen LogP contribution in [0.15, 0.2) is 0 Å². The van der Waals surface area contributed by atoms with E-state index in [-0.39, 0.29) is 17.9 Å². The fraction of sp³-hybridized carbons (Fsp3) is 0.857. The molecule has 0 spiro atoms. The predicted octanol–water partition coefficient (Wildman–Crippen LogP) is -1.56. The van der Waals surface area contributed by atoms with Gasteiger partial charge < -0.3 is 25.6 Å². The minimum atomic E-state index is -0.493. The molecular formula is C14H24N4O3. The molecular weight excluding hydrogens is 272 g/mol. The maximum Gasteiger partial charge on any atom is 0.245 e. The molecule has 0 aromatic heterocycles. The van der Waals surface area contributed by atoms with E-state index in [0.717, 1.165) is 19.4 Å². The number of ether oxygens (including phenoxy) is 1. The Balaban J connectivity index is 1.62. The molecule has 3 aliphatic rings. The van der Waals surface area contributed by atoms with Crippen molar-refractivity contribution in [1.82, 2.24) is 20.9 Å². The van der Waals surface area contributed by atoms with Crippen molar-refractivity contribution in [3.63, 3.8) is 0 Å². The lowest BCUT2D eigenvalue weighted by molar-refractivity contribution is -0.150. The summed E-state index contributed by atoms with van der Waals surface area (Å²) in [5, 5.41) is 9.52. The topological polar surface area (TPSA) is 82.7 Å². The molecule has 3 fully saturated rings. The van der Waals surface area contributed by atoms with Crippen LogP contribution in [0.25, 0.3) is 0 Å². The predicted molar refractivity (Wildman–Crippen MR) is 76.7 cm³/mol. The number of piperazine rings is 1. The molecule has 3 rings (SSSR count). The first-order valence-electron chi connectivity index (χ1n) is 7.80. The second-order valence-electron chi connectivity index (χ2n) is 6.18. The zero-order valence-electron chi connectivity index (χ0n) is 12.4. The van der Waals surface area contributed by atoms with Crippen molar-refractivity contribution in [2.75, 3.05) is 32.8 Å². The van der Waals surface area contributed by atoms with E-state index in [1.807, 2.05) is 0 Å². The SMILES string of the molecule is CC1CNC(C(=O)N2CCOCC2C(=O)NC2CC2)CN1. The van der Waals surface area contributed by atoms with Gasteiger partial charge in [-0.1, -0.05) is 0 Å². The van der Waals surface area contributed by atoms with Crippen LogP contribution in [0.1, 0.15) is 19.8 Å². The van der Waals surface area contributed by atoms with Crippen molar-refractivity contribution >= 4 is 11.8 Å². The average molecular weight is 296 g/mol. The van der Waals surface area contributed by atoms with E-state index < -0.39 is 6.04 Å². The molecule has 118 valence electrons. The normalized spacial score (nSPS) is 33.6. The van der Waals surface area contributed by atoms with Crippen LogP contribution in [0.5, 0.6) is 0 Å². The van der Waals surface area contributed by atoms with Gasteiger partial charge in [-0.3, -0.25) is 9.59 Å². The second-order valence-corrected chi connectivity index (χ2v) is 6.18. The molecule has 1 aliphatic carbocycles. The van der Waals surface area contributed by atoms with Gasteiger partial charge in [0.1, 0.15) is 6.04 Å². The summed E-state index contributed by atoms with van der Waals surface area (Å²) in [6, 6.07) is -0.0806. The Bertz CT molecular complexity index is 405. The number of hydrogen-bond acceptors (Lipinski definition) is 5. The molecule has 0 radical (unpaired) electrons. The molecule has 2 heterocycles. The van der Waals surface area contributed by atoms with Crippen molar-refractivity contribution in [1.29, 1.82) is 0 Å². The van der Waals surface area contributed by atoms with Crippen molar-refractivity contribution in [3.8, 4) is 0 Å². The van der Waals surface area contributed by atoms with Crippen LogP contribution in [0.2, 0.25) is 0 Å². The minimum Gasteiger partial charge on any atom is -0.377 e. The highest BCUT2D eigenvalue weighted by molar-refractivity contribution is 5.90. The van der Waals surface area contributed by atoms with Gasteiger partial charge in [0.15, 0.2) is 0 Å². The fourth-order valence-electron chi connectivity index (χ4n) is 2.77. The third-order valence-electron chi connectivity index (χ3n) is 4.28. The average Bonchev–Trinajstić information content (AvgIpc) is 3.31. The third kappa shape index (κ3) is 3.53. The maximum absolute atomic E-state index is 12.7. The van der Waals surface area contributed by atoms with Gasteiger partial charge in [-0.2, -0.15) is 0 Å². The van der Waals surface area contributed by atoms with Crippen molar-refractivity contribution in [2.24, 2.45) is 0 Å². The molecule has 2 saturated heterocycles. The van der Waals surface area contributed by atoms with E-state index in [1.165, 1.54) is 0 Å². The van der Waals surface area contributed by atoms with Crippen molar-refractivity contribution in [2.45, 2.75) is 43.9 Å². The number of carbonyl (C=O) groups is 2. The fourth-order valence-corrected chi connectivity index (χ4v) is 2.77. The quantitative estimate of drug-likeness (QED) is 0.587. The van der Waals surface area contributed by atoms with E-state index >= 15 is 0 Å². The molecule has 1 saturated carbocycles. The van der Waals surface area contributed by atoms with Crippen molar-refractivity contribution in [3.05, 3.63) is 0 Å². The summed E-state index contributed by atoms with van der Waals surface area (Å²) in [6.07, 6.45) is 2.08. The van der Waals surface area contributed by atoms with Gasteiger partial charge in [0.25, 0.3) is 0 Å². The van der Waals surface area contributed by atoms with Crippen LogP contribution in [0.3, 0.4) is 0 Å². The van der Waals surface area contributed by atoms with Crippen LogP contribution < -0.4 is 16.0 Å². The summed E-state index contributed by atoms with van der Waals surface area (Å²) in [7, 11) is 0. The van der Waals surface area contributed by atoms with Crippen LogP contribution in [-0.2, 0) is 14.3 Å². The number of carbonyl (C=O) groups excluding carboxylic acids is 2. The van der Waals surface area contributed by atoms with Gasteiger partial charge in [-0.25, -0.2) is 0 Å². The first kappa shape index (κ1) is 14.7. The highest BCUT2D eigenvalue weighted by atomic mass is 16.5. The van der Waals surface area contributed by atoms with Crippen LogP contribution >= 0.6 is 0 Å². The largest absolute Gasteiger partial charge is 0.377 e. The molecule has 2 aliphatic heterocycles. The van der Waals surface area contributed by atoms with Gasteiger partial charge in [-0.15, -0.1) is 0 Å². The van der Waals surface area contributed by atoms with Crippen LogP contribution in [-0.4, -0.2) is 73.7 Å². The smallest absolute Gasteiger partial charge is 0.245 e. The zero-order chi connectivity index (χ0) is 14.8. The Labute approximate surface area is 124 Å². The first-order valence-corrected chi connectivity index (χ1v) is 7.80. The number of nitrogens with zero attached hydrogens (tertiary/aromatic N) is 1. The van der Waals surface area contributed by atoms with E-state index in [0.29, 0.717) is 38.4 Å². The summed E-state index contributed by atoms with van der Waals surface area (Å²) in [5.41, 5.74) is 0. The van der Waals surface area contributed by atoms with Crippen molar-refractivity contribution < 1.29 is 14.3 Å². The number of nitrogens with one attached hydrogen (secondary N) is 3. The molecule has 7 heteroatoms. The summed E-state index contributed by atoms with van der Waals surface area (Å²) in [4.78, 5) is 26.6. The minimum absolute atomic E-state index is 0.00588. The number of amides is 2. The van der Waals surface area contributed by atoms with E-state index in [1.54, 1.807) is 4.90 Å². The van der Waals surface area contributed by atoms with Gasteiger partial charge in [0, 0.05) is 31.7 Å². The van der Waals surface area contributed by atoms with E-state index in [4.69, 9.17) is 4.74 Å². The monoisotopic (exact) mass is 296 g/mol. The molecule has 0 bridgehead atoms. The molecule has 0 aromatic rings. The molecule has 2 amide bonds. The molecule has 7 nitrogen and oxygen atoms in total. The Morgan fingerprint density at radius 3 is 2.71 bits per heavy atom. The number of rotatable bonds is 3. The summed E-state index contributed by atoms with van der Waals surface area (Å²) < 4.78 is 5.40. The number of morpholine rings is 1. The Morgan fingerprint density at radius 1 is 1.24 bits per heavy atom. The summed E-state index contributed by atoms with van der Waals surface area (Å²) in [6.45, 7) is 4.72. The Hall–Kier alpha value is -1.18. The number of hydrogen-bond donors (Lipinski definition) is 3. The molecule has 3 N–H and O–H groups in total. The lowest BCUT2D eigenvalue weighted by Crippen LogP contribution is -2.64. The van der Waals surface area contributed by atoms with Gasteiger partial charge in [0.2, 0.25) is 11.8 Å². The Kier molecular flexibility index (Phi) is 4.42. The zero-order valence-corrected chi connectivity index (χ0v) is 12.4. The summed E-state index contributed by atoms with van der Waals surface area (Å²) >= 11 is 0. The molecule has 21 heavy (non-hydrogen) atoms. The van der Waals surface area contributed by atoms with Gasteiger partial charge in [0.05, 0.1) is 19.3 Å². The summed E-state index contributed by atoms with van der Waals surface area (Å²) in [5.74, 6) is -0.0867. The molecule has 3 unspecified atom stereocenters. The van der Waals surface area contributed by atoms with E-state index in [9.17, 15) is 9.59 Å². The molecule has 3 atom stereocenters. The lowest BCUT2D eigenvalue weighted by Gasteiger charge is -2.38. The standard InChI is InChI=1S/C14H24N4O3/c1-9-6-16-11(7-15-9)14(20)18-4-5-21-8-12(18)13(19)17-10-2-3-10/h9-12,15-16H,2-8H2,1H3,(H,17,19). The van der Waals surface area contributed by atoms with Gasteiger partial charge in [-0.05, 0) is 19.8 Å². The molecule has 0 aromatic carbocycles. The Morgan fingerprint density at radius 2 is 2.05 bits per heavy atom. The maximum atomic E-state index is 12.7. The highest BCUT2D eigenvalue weighted by Crippen LogP contribution is 2.20. The highest BCUT2D eigenvalue weighted by Gasteiger charge is 2.38. The first-order chi connectivity index (χ1) is 10.1. The van der Waals surface area contributed by atoms with E-state index in [2.05, 4.69) is 22.9 Å². The van der Waals surface area contributed by atoms with Gasteiger partial charge >= 0.3 is 0 Å². The lowest BCUT2D eigenvalue weighted by atomic mass is 10.1. The second kappa shape index (κ2) is 6.29. The third-order valence-corrected chi connectivity index (χ3v) is 4.28. The van der Waals surface area contributed by atoms with Crippen LogP contribution in [0, 0.1) is 0 Å². The van der Waals surface area contributed by atoms with Crippen LogP contribution in [0.4, 0.5) is 0 Å².